The monoisotopic (exact) mass is 516 g/mol. The van der Waals surface area contributed by atoms with Gasteiger partial charge in [0, 0.05) is 46.3 Å². The summed E-state index contributed by atoms with van der Waals surface area (Å²) in [7, 11) is 0. The van der Waals surface area contributed by atoms with Gasteiger partial charge in [0.2, 0.25) is 0 Å². The Morgan fingerprint density at radius 3 is 2.40 bits per heavy atom. The summed E-state index contributed by atoms with van der Waals surface area (Å²) in [5, 5.41) is 2.61. The maximum atomic E-state index is 4.58. The SMILES string of the molecule is CCn1c2ccccc2c2ccc(-c3cnccc3C3=C/CC(C)c4ccccc4-c4ccccc4\C=C\3)cc21. The van der Waals surface area contributed by atoms with Gasteiger partial charge < -0.3 is 4.57 Å². The molecule has 1 aliphatic carbocycles. The number of para-hydroxylation sites is 1. The van der Waals surface area contributed by atoms with Crippen molar-refractivity contribution in [2.75, 3.05) is 0 Å². The third kappa shape index (κ3) is 4.08. The Bertz CT molecular complexity index is 1930. The fourth-order valence-corrected chi connectivity index (χ4v) is 6.37. The molecule has 0 bridgehead atoms. The molecule has 2 heteroatoms. The molecule has 0 amide bonds. The molecule has 1 unspecified atom stereocenters. The van der Waals surface area contributed by atoms with Crippen molar-refractivity contribution in [2.45, 2.75) is 32.7 Å². The fraction of sp³-hybridized carbons (Fsp3) is 0.132. The molecule has 0 fully saturated rings. The minimum atomic E-state index is 0.396. The second-order valence-corrected chi connectivity index (χ2v) is 10.7. The summed E-state index contributed by atoms with van der Waals surface area (Å²) < 4.78 is 2.42. The molecular weight excluding hydrogens is 484 g/mol. The van der Waals surface area contributed by atoms with Crippen LogP contribution in [0.15, 0.2) is 122 Å². The molecule has 0 saturated carbocycles. The number of rotatable bonds is 3. The standard InChI is InChI=1S/C38H32N2/c1-3-40-37-15-9-8-14-34(37)35-21-20-29(24-38(35)40)36-25-39-23-22-32(36)28-17-16-26(2)30-11-6-7-13-33(30)31-12-5-4-10-27(31)18-19-28/h4-15,17-26H,3,16H2,1-2H3/b19-18+,28-17+. The predicted octanol–water partition coefficient (Wildman–Crippen LogP) is 10.1. The first-order chi connectivity index (χ1) is 19.7. The highest BCUT2D eigenvalue weighted by atomic mass is 15.0. The van der Waals surface area contributed by atoms with Crippen LogP contribution in [0.2, 0.25) is 0 Å². The van der Waals surface area contributed by atoms with E-state index in [1.165, 1.54) is 60.8 Å². The minimum absolute atomic E-state index is 0.396. The number of hydrogen-bond acceptors (Lipinski definition) is 1. The fourth-order valence-electron chi connectivity index (χ4n) is 6.37. The number of fused-ring (bicyclic) bond motifs is 6. The van der Waals surface area contributed by atoms with Gasteiger partial charge in [-0.15, -0.1) is 0 Å². The van der Waals surface area contributed by atoms with Gasteiger partial charge >= 0.3 is 0 Å². The van der Waals surface area contributed by atoms with Gasteiger partial charge in [-0.2, -0.15) is 0 Å². The van der Waals surface area contributed by atoms with Crippen LogP contribution < -0.4 is 0 Å². The van der Waals surface area contributed by atoms with Crippen LogP contribution in [0.1, 0.15) is 42.9 Å². The lowest BCUT2D eigenvalue weighted by atomic mass is 9.85. The lowest BCUT2D eigenvalue weighted by Crippen LogP contribution is -1.99. The molecule has 0 radical (unpaired) electrons. The highest BCUT2D eigenvalue weighted by molar-refractivity contribution is 6.09. The first kappa shape index (κ1) is 24.4. The van der Waals surface area contributed by atoms with E-state index in [0.29, 0.717) is 5.92 Å². The summed E-state index contributed by atoms with van der Waals surface area (Å²) >= 11 is 0. The van der Waals surface area contributed by atoms with Crippen LogP contribution >= 0.6 is 0 Å². The van der Waals surface area contributed by atoms with E-state index in [1.807, 2.05) is 12.4 Å². The zero-order valence-electron chi connectivity index (χ0n) is 23.0. The summed E-state index contributed by atoms with van der Waals surface area (Å²) in [4.78, 5) is 4.58. The van der Waals surface area contributed by atoms with Crippen molar-refractivity contribution in [3.8, 4) is 22.3 Å². The lowest BCUT2D eigenvalue weighted by molar-refractivity contribution is 0.783. The Hall–Kier alpha value is -4.69. The molecule has 40 heavy (non-hydrogen) atoms. The van der Waals surface area contributed by atoms with Gasteiger partial charge in [0.25, 0.3) is 0 Å². The third-order valence-corrected chi connectivity index (χ3v) is 8.41. The Morgan fingerprint density at radius 2 is 1.50 bits per heavy atom. The number of pyridine rings is 1. The predicted molar refractivity (Wildman–Crippen MR) is 170 cm³/mol. The molecular formula is C38H32N2. The van der Waals surface area contributed by atoms with Crippen molar-refractivity contribution in [2.24, 2.45) is 0 Å². The Labute approximate surface area is 236 Å². The van der Waals surface area contributed by atoms with E-state index in [4.69, 9.17) is 0 Å². The Kier molecular flexibility index (Phi) is 6.17. The van der Waals surface area contributed by atoms with Gasteiger partial charge in [0.15, 0.2) is 0 Å². The van der Waals surface area contributed by atoms with Gasteiger partial charge in [0.05, 0.1) is 0 Å². The van der Waals surface area contributed by atoms with Crippen LogP contribution in [0.25, 0.3) is 55.7 Å². The molecule has 1 aliphatic rings. The van der Waals surface area contributed by atoms with Gasteiger partial charge in [-0.05, 0) is 76.4 Å². The van der Waals surface area contributed by atoms with Crippen molar-refractivity contribution in [1.29, 1.82) is 0 Å². The molecule has 0 aliphatic heterocycles. The summed E-state index contributed by atoms with van der Waals surface area (Å²) in [6.07, 6.45) is 11.9. The van der Waals surface area contributed by atoms with Crippen LogP contribution in [-0.2, 0) is 6.54 Å². The van der Waals surface area contributed by atoms with Crippen LogP contribution in [0.5, 0.6) is 0 Å². The molecule has 2 nitrogen and oxygen atoms in total. The van der Waals surface area contributed by atoms with E-state index >= 15 is 0 Å². The van der Waals surface area contributed by atoms with Gasteiger partial charge in [-0.1, -0.05) is 104 Å². The van der Waals surface area contributed by atoms with E-state index in [-0.39, 0.29) is 0 Å². The van der Waals surface area contributed by atoms with E-state index < -0.39 is 0 Å². The van der Waals surface area contributed by atoms with E-state index in [9.17, 15) is 0 Å². The normalized spacial score (nSPS) is 17.1. The van der Waals surface area contributed by atoms with E-state index in [0.717, 1.165) is 18.5 Å². The maximum absolute atomic E-state index is 4.58. The zero-order valence-corrected chi connectivity index (χ0v) is 23.0. The molecule has 7 rings (SSSR count). The van der Waals surface area contributed by atoms with Gasteiger partial charge in [-0.25, -0.2) is 0 Å². The number of allylic oxidation sites excluding steroid dienone is 3. The number of aryl methyl sites for hydroxylation is 1. The van der Waals surface area contributed by atoms with E-state index in [1.54, 1.807) is 0 Å². The number of benzene rings is 4. The van der Waals surface area contributed by atoms with E-state index in [2.05, 4.69) is 139 Å². The summed E-state index contributed by atoms with van der Waals surface area (Å²) in [5.74, 6) is 0.396. The molecule has 194 valence electrons. The van der Waals surface area contributed by atoms with Gasteiger partial charge in [-0.3, -0.25) is 4.98 Å². The summed E-state index contributed by atoms with van der Waals surface area (Å²) in [6.45, 7) is 5.49. The van der Waals surface area contributed by atoms with Crippen LogP contribution in [0.4, 0.5) is 0 Å². The molecule has 0 spiro atoms. The van der Waals surface area contributed by atoms with Crippen molar-refractivity contribution < 1.29 is 0 Å². The highest BCUT2D eigenvalue weighted by Gasteiger charge is 2.17. The second-order valence-electron chi connectivity index (χ2n) is 10.7. The molecule has 2 heterocycles. The Balaban J connectivity index is 1.38. The summed E-state index contributed by atoms with van der Waals surface area (Å²) in [5.41, 5.74) is 12.6. The zero-order chi connectivity index (χ0) is 27.1. The summed E-state index contributed by atoms with van der Waals surface area (Å²) in [6, 6.07) is 35.4. The second kappa shape index (κ2) is 10.1. The average molecular weight is 517 g/mol. The number of nitrogens with zero attached hydrogens (tertiary/aromatic N) is 2. The van der Waals surface area contributed by atoms with Crippen LogP contribution in [0.3, 0.4) is 0 Å². The molecule has 2 aromatic heterocycles. The molecule has 1 atom stereocenters. The quantitative estimate of drug-likeness (QED) is 0.229. The minimum Gasteiger partial charge on any atom is -0.341 e. The molecule has 0 saturated heterocycles. The lowest BCUT2D eigenvalue weighted by Gasteiger charge is -2.19. The van der Waals surface area contributed by atoms with Crippen molar-refractivity contribution in [3.05, 3.63) is 138 Å². The molecule has 6 aromatic rings. The maximum Gasteiger partial charge on any atom is 0.0497 e. The third-order valence-electron chi connectivity index (χ3n) is 8.41. The average Bonchev–Trinajstić information content (AvgIpc) is 3.34. The van der Waals surface area contributed by atoms with Crippen molar-refractivity contribution in [1.82, 2.24) is 9.55 Å². The molecule has 0 N–H and O–H groups in total. The first-order valence-corrected chi connectivity index (χ1v) is 14.2. The topological polar surface area (TPSA) is 17.8 Å². The number of hydrogen-bond donors (Lipinski definition) is 0. The Morgan fingerprint density at radius 1 is 0.725 bits per heavy atom. The largest absolute Gasteiger partial charge is 0.341 e. The van der Waals surface area contributed by atoms with Crippen LogP contribution in [-0.4, -0.2) is 9.55 Å². The number of aromatic nitrogens is 2. The van der Waals surface area contributed by atoms with Crippen LogP contribution in [0, 0.1) is 0 Å². The van der Waals surface area contributed by atoms with Gasteiger partial charge in [0.1, 0.15) is 0 Å². The van der Waals surface area contributed by atoms with Crippen molar-refractivity contribution in [3.63, 3.8) is 0 Å². The highest BCUT2D eigenvalue weighted by Crippen LogP contribution is 2.38. The first-order valence-electron chi connectivity index (χ1n) is 14.2. The smallest absolute Gasteiger partial charge is 0.0497 e. The van der Waals surface area contributed by atoms with Crippen molar-refractivity contribution >= 4 is 33.5 Å². The molecule has 4 aromatic carbocycles.